The average molecular weight is 487 g/mol. The number of benzene rings is 2. The molecule has 0 aromatic heterocycles. The Hall–Kier alpha value is -3.70. The monoisotopic (exact) mass is 486 g/mol. The second-order valence-corrected chi connectivity index (χ2v) is 9.92. The minimum atomic E-state index is -0.618. The van der Waals surface area contributed by atoms with Gasteiger partial charge in [-0.3, -0.25) is 24.6 Å². The number of nitrogens with one attached hydrogen (secondary N) is 1. The Kier molecular flexibility index (Phi) is 6.75. The maximum absolute atomic E-state index is 13.0. The van der Waals surface area contributed by atoms with Crippen molar-refractivity contribution >= 4 is 23.4 Å². The van der Waals surface area contributed by atoms with Crippen molar-refractivity contribution in [2.45, 2.75) is 69.8 Å². The molecule has 2 aromatic rings. The molecule has 0 radical (unpaired) electrons. The highest BCUT2D eigenvalue weighted by molar-refractivity contribution is 6.05. The predicted octanol–water partition coefficient (Wildman–Crippen LogP) is 3.82. The lowest BCUT2D eigenvalue weighted by Crippen LogP contribution is -2.52. The molecule has 1 saturated carbocycles. The van der Waals surface area contributed by atoms with Crippen molar-refractivity contribution in [1.82, 2.24) is 15.1 Å². The number of nitrogens with zero attached hydrogens (tertiary/aromatic N) is 3. The molecule has 3 aliphatic rings. The van der Waals surface area contributed by atoms with Crippen molar-refractivity contribution in [1.29, 1.82) is 0 Å². The van der Waals surface area contributed by atoms with Gasteiger partial charge in [0.2, 0.25) is 11.8 Å². The van der Waals surface area contributed by atoms with Gasteiger partial charge >= 0.3 is 0 Å². The first-order chi connectivity index (χ1) is 17.4. The van der Waals surface area contributed by atoms with Crippen LogP contribution in [-0.2, 0) is 22.7 Å². The van der Waals surface area contributed by atoms with Crippen molar-refractivity contribution in [2.24, 2.45) is 0 Å². The summed E-state index contributed by atoms with van der Waals surface area (Å²) in [7, 11) is 2.12. The third-order valence-corrected chi connectivity index (χ3v) is 7.51. The molecule has 1 saturated heterocycles. The summed E-state index contributed by atoms with van der Waals surface area (Å²) in [5.41, 5.74) is 3.25. The van der Waals surface area contributed by atoms with Crippen LogP contribution in [0.4, 0.5) is 5.69 Å². The van der Waals surface area contributed by atoms with Gasteiger partial charge in [-0.2, -0.15) is 0 Å². The van der Waals surface area contributed by atoms with Crippen molar-refractivity contribution in [3.8, 4) is 5.75 Å². The van der Waals surface area contributed by atoms with E-state index < -0.39 is 11.9 Å². The number of carbonyl (C=O) groups excluding carboxylic acids is 3. The van der Waals surface area contributed by atoms with Crippen LogP contribution in [0.5, 0.6) is 5.75 Å². The molecule has 2 aromatic carbocycles. The van der Waals surface area contributed by atoms with Crippen LogP contribution in [0.3, 0.4) is 0 Å². The molecular weight excluding hydrogens is 456 g/mol. The van der Waals surface area contributed by atoms with Crippen LogP contribution in [0.25, 0.3) is 4.85 Å². The van der Waals surface area contributed by atoms with Crippen LogP contribution < -0.4 is 10.1 Å². The summed E-state index contributed by atoms with van der Waals surface area (Å²) in [6.45, 7) is 8.25. The van der Waals surface area contributed by atoms with Crippen LogP contribution in [0, 0.1) is 6.57 Å². The number of ether oxygens (including phenoxy) is 1. The maximum Gasteiger partial charge on any atom is 0.255 e. The van der Waals surface area contributed by atoms with Crippen LogP contribution >= 0.6 is 0 Å². The van der Waals surface area contributed by atoms with Gasteiger partial charge in [0.25, 0.3) is 5.91 Å². The largest absolute Gasteiger partial charge is 0.489 e. The number of carbonyl (C=O) groups is 3. The fraction of sp³-hybridized carbons (Fsp3) is 0.429. The standard InChI is InChI=1S/C28H30N4O4/c1-29-20-9-7-18(8-10-20)16-31(2)23-5-3-4-6-25(23)36-21-11-12-22-19(15-21)17-32(28(22)35)24-13-14-26(33)30-27(24)34/h7-12,15,23-25H,3-6,13-14,16-17H2,2H3,(H,30,33,34). The molecular formula is C28H30N4O4. The molecule has 0 bridgehead atoms. The number of amides is 3. The summed E-state index contributed by atoms with van der Waals surface area (Å²) in [5, 5.41) is 2.34. The smallest absolute Gasteiger partial charge is 0.255 e. The molecule has 3 unspecified atom stereocenters. The summed E-state index contributed by atoms with van der Waals surface area (Å²) in [4.78, 5) is 44.2. The first-order valence-electron chi connectivity index (χ1n) is 12.5. The molecule has 0 spiro atoms. The van der Waals surface area contributed by atoms with Gasteiger partial charge in [0.1, 0.15) is 17.9 Å². The van der Waals surface area contributed by atoms with Crippen molar-refractivity contribution in [2.75, 3.05) is 7.05 Å². The van der Waals surface area contributed by atoms with Crippen molar-refractivity contribution < 1.29 is 19.1 Å². The lowest BCUT2D eigenvalue weighted by Gasteiger charge is -2.38. The number of likely N-dealkylation sites (N-methyl/N-ethyl adjacent to an activating group) is 1. The number of hydrogen-bond acceptors (Lipinski definition) is 5. The van der Waals surface area contributed by atoms with Crippen LogP contribution in [0.1, 0.15) is 60.0 Å². The number of piperidine rings is 1. The first-order valence-corrected chi connectivity index (χ1v) is 12.5. The van der Waals surface area contributed by atoms with Crippen LogP contribution in [0.15, 0.2) is 42.5 Å². The van der Waals surface area contributed by atoms with E-state index in [0.29, 0.717) is 24.2 Å². The van der Waals surface area contributed by atoms with E-state index in [0.717, 1.165) is 43.5 Å². The summed E-state index contributed by atoms with van der Waals surface area (Å²) in [6, 6.07) is 12.9. The van der Waals surface area contributed by atoms with Crippen LogP contribution in [0.2, 0.25) is 0 Å². The van der Waals surface area contributed by atoms with Crippen LogP contribution in [-0.4, -0.2) is 52.8 Å². The molecule has 186 valence electrons. The SMILES string of the molecule is [C-]#[N+]c1ccc(CN(C)C2CCCCC2Oc2ccc3c(c2)CN(C2CCC(=O)NC2=O)C3=O)cc1. The van der Waals surface area contributed by atoms with E-state index in [2.05, 4.69) is 22.1 Å². The Bertz CT molecular complexity index is 1220. The Morgan fingerprint density at radius 1 is 1.08 bits per heavy atom. The fourth-order valence-corrected chi connectivity index (χ4v) is 5.60. The van der Waals surface area contributed by atoms with E-state index in [1.54, 1.807) is 11.0 Å². The zero-order chi connectivity index (χ0) is 25.2. The Labute approximate surface area is 211 Å². The van der Waals surface area contributed by atoms with Gasteiger partial charge in [-0.25, -0.2) is 4.85 Å². The molecule has 8 nitrogen and oxygen atoms in total. The van der Waals surface area contributed by atoms with E-state index in [4.69, 9.17) is 11.3 Å². The highest BCUT2D eigenvalue weighted by Gasteiger charge is 2.39. The molecule has 1 N–H and O–H groups in total. The number of rotatable bonds is 6. The maximum atomic E-state index is 13.0. The number of hydrogen-bond donors (Lipinski definition) is 1. The molecule has 3 amide bonds. The zero-order valence-electron chi connectivity index (χ0n) is 20.4. The van der Waals surface area contributed by atoms with Gasteiger partial charge < -0.3 is 9.64 Å². The summed E-state index contributed by atoms with van der Waals surface area (Å²) >= 11 is 0. The highest BCUT2D eigenvalue weighted by atomic mass is 16.5. The topological polar surface area (TPSA) is 83.3 Å². The van der Waals surface area contributed by atoms with E-state index in [1.807, 2.05) is 36.4 Å². The molecule has 1 aliphatic carbocycles. The lowest BCUT2D eigenvalue weighted by atomic mass is 9.91. The molecule has 2 heterocycles. The van der Waals surface area contributed by atoms with Gasteiger partial charge in [-0.15, -0.1) is 0 Å². The molecule has 36 heavy (non-hydrogen) atoms. The normalized spacial score (nSPS) is 23.9. The fourth-order valence-electron chi connectivity index (χ4n) is 5.60. The van der Waals surface area contributed by atoms with Crippen molar-refractivity contribution in [3.05, 3.63) is 70.6 Å². The Balaban J connectivity index is 1.27. The third kappa shape index (κ3) is 4.84. The molecule has 2 fully saturated rings. The summed E-state index contributed by atoms with van der Waals surface area (Å²) in [6.07, 6.45) is 4.91. The number of fused-ring (bicyclic) bond motifs is 1. The zero-order valence-corrected chi connectivity index (χ0v) is 20.4. The minimum absolute atomic E-state index is 0.0349. The van der Waals surface area contributed by atoms with E-state index in [1.165, 1.54) is 5.56 Å². The van der Waals surface area contributed by atoms with Crippen molar-refractivity contribution in [3.63, 3.8) is 0 Å². The Morgan fingerprint density at radius 2 is 1.86 bits per heavy atom. The van der Waals surface area contributed by atoms with Gasteiger partial charge in [-0.1, -0.05) is 30.7 Å². The molecule has 2 aliphatic heterocycles. The number of imide groups is 1. The van der Waals surface area contributed by atoms with Gasteiger partial charge in [-0.05, 0) is 62.1 Å². The summed E-state index contributed by atoms with van der Waals surface area (Å²) < 4.78 is 6.50. The lowest BCUT2D eigenvalue weighted by molar-refractivity contribution is -0.136. The second kappa shape index (κ2) is 10.1. The van der Waals surface area contributed by atoms with Gasteiger partial charge in [0.05, 0.1) is 6.57 Å². The minimum Gasteiger partial charge on any atom is -0.489 e. The quantitative estimate of drug-likeness (QED) is 0.496. The second-order valence-electron chi connectivity index (χ2n) is 9.92. The molecule has 5 rings (SSSR count). The molecule has 8 heteroatoms. The van der Waals surface area contributed by atoms with Gasteiger partial charge in [0, 0.05) is 31.1 Å². The average Bonchev–Trinajstić information content (AvgIpc) is 3.20. The highest BCUT2D eigenvalue weighted by Crippen LogP contribution is 2.33. The van der Waals surface area contributed by atoms with E-state index in [-0.39, 0.29) is 30.4 Å². The predicted molar refractivity (Wildman–Crippen MR) is 133 cm³/mol. The molecule has 3 atom stereocenters. The van der Waals surface area contributed by atoms with E-state index in [9.17, 15) is 14.4 Å². The Morgan fingerprint density at radius 3 is 2.61 bits per heavy atom. The van der Waals surface area contributed by atoms with Gasteiger partial charge in [0.15, 0.2) is 5.69 Å². The van der Waals surface area contributed by atoms with E-state index >= 15 is 0 Å². The first kappa shape index (κ1) is 24.0. The third-order valence-electron chi connectivity index (χ3n) is 7.51. The summed E-state index contributed by atoms with van der Waals surface area (Å²) in [5.74, 6) is -0.131.